The van der Waals surface area contributed by atoms with Crippen LogP contribution in [0.3, 0.4) is 0 Å². The number of thioether (sulfide) groups is 1. The molecule has 0 unspecified atom stereocenters. The van der Waals surface area contributed by atoms with Gasteiger partial charge in [0, 0.05) is 23.6 Å². The number of hydrogen-bond donors (Lipinski definition) is 3. The van der Waals surface area contributed by atoms with Gasteiger partial charge in [-0.15, -0.1) is 10.2 Å². The van der Waals surface area contributed by atoms with Gasteiger partial charge >= 0.3 is 6.18 Å². The average Bonchev–Trinajstić information content (AvgIpc) is 3.07. The molecule has 2 heterocycles. The Hall–Kier alpha value is -3.32. The first-order valence-corrected chi connectivity index (χ1v) is 9.79. The molecule has 0 aliphatic carbocycles. The van der Waals surface area contributed by atoms with E-state index in [-0.39, 0.29) is 22.5 Å². The van der Waals surface area contributed by atoms with Crippen LogP contribution in [0.5, 0.6) is 0 Å². The van der Waals surface area contributed by atoms with E-state index in [1.807, 2.05) is 0 Å². The number of benzene rings is 1. The number of anilines is 2. The van der Waals surface area contributed by atoms with Crippen LogP contribution in [0.15, 0.2) is 53.0 Å². The predicted octanol–water partition coefficient (Wildman–Crippen LogP) is 3.24. The number of pyridine rings is 1. The summed E-state index contributed by atoms with van der Waals surface area (Å²) < 4.78 is 39.8. The monoisotopic (exact) mass is 470 g/mol. The largest absolute Gasteiger partial charge is 0.417 e. The quantitative estimate of drug-likeness (QED) is 0.209. The first-order valence-electron chi connectivity index (χ1n) is 8.43. The number of hydrazone groups is 1. The van der Waals surface area contributed by atoms with E-state index in [2.05, 4.69) is 31.0 Å². The number of nitrogens with one attached hydrogen (secondary N) is 2. The molecule has 4 N–H and O–H groups in total. The fourth-order valence-corrected chi connectivity index (χ4v) is 3.10. The van der Waals surface area contributed by atoms with Gasteiger partial charge in [-0.2, -0.15) is 18.3 Å². The molecule has 14 heteroatoms. The summed E-state index contributed by atoms with van der Waals surface area (Å²) >= 11 is 6.50. The van der Waals surface area contributed by atoms with Gasteiger partial charge in [0.05, 0.1) is 22.6 Å². The van der Waals surface area contributed by atoms with E-state index in [9.17, 15) is 18.0 Å². The Bertz CT molecular complexity index is 1090. The summed E-state index contributed by atoms with van der Waals surface area (Å²) in [6.45, 7) is 0. The SMILES string of the molecule is Nn1c(N/N=C/c2cccnc2)nnc1SCC(=O)Nc1ccc(Cl)c(C(F)(F)F)c1. The molecular formula is C17H14ClF3N8OS. The minimum absolute atomic E-state index is 0.0383. The number of carbonyl (C=O) groups is 1. The lowest BCUT2D eigenvalue weighted by molar-refractivity contribution is -0.137. The van der Waals surface area contributed by atoms with Crippen LogP contribution in [-0.4, -0.2) is 37.7 Å². The zero-order chi connectivity index (χ0) is 22.4. The fraction of sp³-hybridized carbons (Fsp3) is 0.118. The number of rotatable bonds is 7. The van der Waals surface area contributed by atoms with Gasteiger partial charge in [-0.3, -0.25) is 9.78 Å². The smallest absolute Gasteiger partial charge is 0.334 e. The van der Waals surface area contributed by atoms with Crippen molar-refractivity contribution in [1.82, 2.24) is 19.9 Å². The van der Waals surface area contributed by atoms with Gasteiger partial charge in [0.25, 0.3) is 5.95 Å². The molecule has 31 heavy (non-hydrogen) atoms. The summed E-state index contributed by atoms with van der Waals surface area (Å²) in [5.41, 5.74) is 2.28. The number of alkyl halides is 3. The van der Waals surface area contributed by atoms with E-state index in [1.165, 1.54) is 12.3 Å². The standard InChI is InChI=1S/C17H14ClF3N8OS/c18-13-4-3-11(6-12(13)17(19,20)21)25-14(30)9-31-16-28-27-15(29(16)22)26-24-8-10-2-1-5-23-7-10/h1-8H,9,22H2,(H,25,30)(H,26,27)/b24-8+. The highest BCUT2D eigenvalue weighted by Gasteiger charge is 2.33. The maximum atomic E-state index is 12.9. The number of nitrogens with two attached hydrogens (primary N) is 1. The minimum atomic E-state index is -4.63. The second kappa shape index (κ2) is 9.66. The van der Waals surface area contributed by atoms with Crippen molar-refractivity contribution in [1.29, 1.82) is 0 Å². The first kappa shape index (κ1) is 22.4. The molecule has 0 saturated heterocycles. The average molecular weight is 471 g/mol. The Morgan fingerprint density at radius 3 is 2.84 bits per heavy atom. The number of carbonyl (C=O) groups excluding carboxylic acids is 1. The molecule has 0 bridgehead atoms. The fourth-order valence-electron chi connectivity index (χ4n) is 2.22. The molecule has 1 aromatic carbocycles. The van der Waals surface area contributed by atoms with E-state index < -0.39 is 22.7 Å². The van der Waals surface area contributed by atoms with Crippen molar-refractivity contribution < 1.29 is 18.0 Å². The van der Waals surface area contributed by atoms with E-state index in [0.717, 1.165) is 34.1 Å². The molecule has 0 radical (unpaired) electrons. The number of nitrogens with zero attached hydrogens (tertiary/aromatic N) is 5. The van der Waals surface area contributed by atoms with E-state index in [0.29, 0.717) is 0 Å². The predicted molar refractivity (Wildman–Crippen MR) is 111 cm³/mol. The Kier molecular flexibility index (Phi) is 6.97. The summed E-state index contributed by atoms with van der Waals surface area (Å²) in [7, 11) is 0. The molecule has 2 aromatic heterocycles. The van der Waals surface area contributed by atoms with Gasteiger partial charge in [0.1, 0.15) is 0 Å². The zero-order valence-electron chi connectivity index (χ0n) is 15.5. The van der Waals surface area contributed by atoms with E-state index >= 15 is 0 Å². The Labute approximate surface area is 182 Å². The second-order valence-corrected chi connectivity index (χ2v) is 7.21. The number of aromatic nitrogens is 4. The lowest BCUT2D eigenvalue weighted by Gasteiger charge is -2.11. The highest BCUT2D eigenvalue weighted by Crippen LogP contribution is 2.36. The maximum Gasteiger partial charge on any atom is 0.417 e. The number of nitrogen functional groups attached to an aromatic ring is 1. The lowest BCUT2D eigenvalue weighted by atomic mass is 10.2. The van der Waals surface area contributed by atoms with Crippen LogP contribution in [0.25, 0.3) is 0 Å². The summed E-state index contributed by atoms with van der Waals surface area (Å²) in [6.07, 6.45) is 0.106. The minimum Gasteiger partial charge on any atom is -0.334 e. The highest BCUT2D eigenvalue weighted by molar-refractivity contribution is 7.99. The van der Waals surface area contributed by atoms with Crippen molar-refractivity contribution in [2.45, 2.75) is 11.3 Å². The van der Waals surface area contributed by atoms with Crippen LogP contribution in [0, 0.1) is 0 Å². The number of amides is 1. The third-order valence-electron chi connectivity index (χ3n) is 3.62. The summed E-state index contributed by atoms with van der Waals surface area (Å²) in [5, 5.41) is 13.7. The highest BCUT2D eigenvalue weighted by atomic mass is 35.5. The van der Waals surface area contributed by atoms with Gasteiger partial charge in [-0.05, 0) is 24.3 Å². The normalized spacial score (nSPS) is 11.6. The van der Waals surface area contributed by atoms with Crippen LogP contribution >= 0.6 is 23.4 Å². The van der Waals surface area contributed by atoms with Crippen molar-refractivity contribution >= 4 is 47.1 Å². The number of halogens is 4. The summed E-state index contributed by atoms with van der Waals surface area (Å²) in [4.78, 5) is 16.0. The summed E-state index contributed by atoms with van der Waals surface area (Å²) in [5.74, 6) is 5.25. The maximum absolute atomic E-state index is 12.9. The van der Waals surface area contributed by atoms with Crippen molar-refractivity contribution in [2.75, 3.05) is 22.3 Å². The van der Waals surface area contributed by atoms with E-state index in [1.54, 1.807) is 24.5 Å². The van der Waals surface area contributed by atoms with Crippen LogP contribution in [0.1, 0.15) is 11.1 Å². The third-order valence-corrected chi connectivity index (χ3v) is 4.89. The molecule has 0 aliphatic rings. The van der Waals surface area contributed by atoms with Gasteiger partial charge in [0.2, 0.25) is 11.1 Å². The molecule has 3 rings (SSSR count). The Balaban J connectivity index is 1.56. The van der Waals surface area contributed by atoms with Crippen molar-refractivity contribution in [3.05, 3.63) is 58.9 Å². The van der Waals surface area contributed by atoms with Crippen molar-refractivity contribution in [3.8, 4) is 0 Å². The third kappa shape index (κ3) is 6.08. The molecule has 0 spiro atoms. The van der Waals surface area contributed by atoms with Gasteiger partial charge in [-0.1, -0.05) is 29.4 Å². The van der Waals surface area contributed by atoms with Crippen LogP contribution in [0.4, 0.5) is 24.8 Å². The Morgan fingerprint density at radius 1 is 1.32 bits per heavy atom. The van der Waals surface area contributed by atoms with Crippen LogP contribution in [0.2, 0.25) is 5.02 Å². The van der Waals surface area contributed by atoms with Gasteiger partial charge in [0.15, 0.2) is 0 Å². The molecule has 0 atom stereocenters. The van der Waals surface area contributed by atoms with Crippen molar-refractivity contribution in [2.24, 2.45) is 5.10 Å². The molecule has 1 amide bonds. The zero-order valence-corrected chi connectivity index (χ0v) is 17.0. The molecule has 0 saturated carbocycles. The van der Waals surface area contributed by atoms with Gasteiger partial charge in [-0.25, -0.2) is 10.1 Å². The van der Waals surface area contributed by atoms with E-state index in [4.69, 9.17) is 17.4 Å². The topological polar surface area (TPSA) is 123 Å². The van der Waals surface area contributed by atoms with Crippen LogP contribution in [-0.2, 0) is 11.0 Å². The van der Waals surface area contributed by atoms with Crippen molar-refractivity contribution in [3.63, 3.8) is 0 Å². The first-order chi connectivity index (χ1) is 14.7. The lowest BCUT2D eigenvalue weighted by Crippen LogP contribution is -2.17. The molecule has 3 aromatic rings. The summed E-state index contributed by atoms with van der Waals surface area (Å²) in [6, 6.07) is 6.64. The molecule has 0 aliphatic heterocycles. The van der Waals surface area contributed by atoms with Gasteiger partial charge < -0.3 is 11.2 Å². The van der Waals surface area contributed by atoms with Crippen LogP contribution < -0.4 is 16.6 Å². The molecule has 0 fully saturated rings. The second-order valence-electron chi connectivity index (χ2n) is 5.86. The molecular weight excluding hydrogens is 457 g/mol. The number of hydrogen-bond acceptors (Lipinski definition) is 8. The molecule has 9 nitrogen and oxygen atoms in total. The molecule has 162 valence electrons. The Morgan fingerprint density at radius 2 is 2.13 bits per heavy atom.